The molecular weight excluding hydrogens is 408 g/mol. The molecule has 1 aromatic heterocycles. The zero-order chi connectivity index (χ0) is 21.7. The minimum absolute atomic E-state index is 0.0640. The third-order valence-corrected chi connectivity index (χ3v) is 6.57. The Hall–Kier alpha value is -1.87. The number of amides is 1. The van der Waals surface area contributed by atoms with Crippen molar-refractivity contribution < 1.29 is 27.4 Å². The zero-order valence-electron chi connectivity index (χ0n) is 18.0. The highest BCUT2D eigenvalue weighted by atomic mass is 32.2. The Bertz CT molecular complexity index is 795. The quantitative estimate of drug-likeness (QED) is 0.670. The first-order chi connectivity index (χ1) is 14.2. The van der Waals surface area contributed by atoms with E-state index in [9.17, 15) is 13.2 Å². The van der Waals surface area contributed by atoms with E-state index in [1.165, 1.54) is 12.3 Å². The Balaban J connectivity index is 1.37. The van der Waals surface area contributed by atoms with E-state index >= 15 is 0 Å². The smallest absolute Gasteiger partial charge is 0.410 e. The number of likely N-dealkylation sites (tertiary alicyclic amines) is 1. The van der Waals surface area contributed by atoms with Gasteiger partial charge in [0.15, 0.2) is 9.84 Å². The Morgan fingerprint density at radius 3 is 2.17 bits per heavy atom. The molecule has 0 N–H and O–H groups in total. The molecule has 0 bridgehead atoms. The summed E-state index contributed by atoms with van der Waals surface area (Å²) in [4.78, 5) is 18.0. The van der Waals surface area contributed by atoms with Gasteiger partial charge in [-0.25, -0.2) is 18.2 Å². The summed E-state index contributed by atoms with van der Waals surface area (Å²) in [6, 6.07) is 3.13. The van der Waals surface area contributed by atoms with E-state index in [1.807, 2.05) is 13.8 Å². The van der Waals surface area contributed by atoms with Gasteiger partial charge >= 0.3 is 6.09 Å². The molecule has 2 heterocycles. The zero-order valence-corrected chi connectivity index (χ0v) is 18.8. The van der Waals surface area contributed by atoms with E-state index in [-0.39, 0.29) is 35.4 Å². The van der Waals surface area contributed by atoms with Gasteiger partial charge in [0.1, 0.15) is 6.10 Å². The average molecular weight is 441 g/mol. The van der Waals surface area contributed by atoms with Crippen molar-refractivity contribution in [1.82, 2.24) is 9.88 Å². The van der Waals surface area contributed by atoms with Crippen LogP contribution < -0.4 is 4.74 Å². The molecule has 2 aliphatic rings. The number of hydrogen-bond donors (Lipinski definition) is 0. The molecule has 0 atom stereocenters. The van der Waals surface area contributed by atoms with Crippen LogP contribution in [0.25, 0.3) is 0 Å². The van der Waals surface area contributed by atoms with Crippen molar-refractivity contribution in [2.45, 2.75) is 81.7 Å². The van der Waals surface area contributed by atoms with Crippen molar-refractivity contribution in [3.8, 4) is 5.88 Å². The second-order valence-corrected chi connectivity index (χ2v) is 10.4. The standard InChI is InChI=1S/C21H32N2O6S/c1-15(2)27-21(24)23-12-10-18(11-13-23)28-16-4-6-17(7-5-16)29-20-9-8-19(14-22-20)30(3,25)26/h8-9,14-18H,4-7,10-13H2,1-3H3/t16-,17-. The van der Waals surface area contributed by atoms with Crippen LogP contribution in [0, 0.1) is 0 Å². The van der Waals surface area contributed by atoms with Crippen molar-refractivity contribution in [1.29, 1.82) is 0 Å². The number of hydrogen-bond acceptors (Lipinski definition) is 7. The van der Waals surface area contributed by atoms with E-state index < -0.39 is 9.84 Å². The largest absolute Gasteiger partial charge is 0.474 e. The minimum Gasteiger partial charge on any atom is -0.474 e. The Morgan fingerprint density at radius 2 is 1.63 bits per heavy atom. The molecule has 9 heteroatoms. The van der Waals surface area contributed by atoms with Crippen molar-refractivity contribution in [2.24, 2.45) is 0 Å². The molecule has 0 radical (unpaired) electrons. The summed E-state index contributed by atoms with van der Waals surface area (Å²) in [6.45, 7) is 5.05. The van der Waals surface area contributed by atoms with Crippen molar-refractivity contribution >= 4 is 15.9 Å². The van der Waals surface area contributed by atoms with Crippen molar-refractivity contribution in [3.05, 3.63) is 18.3 Å². The summed E-state index contributed by atoms with van der Waals surface area (Å²) < 4.78 is 40.5. The maximum atomic E-state index is 12.0. The summed E-state index contributed by atoms with van der Waals surface area (Å²) in [6.07, 6.45) is 7.87. The second kappa shape index (κ2) is 9.96. The summed E-state index contributed by atoms with van der Waals surface area (Å²) in [7, 11) is -3.25. The van der Waals surface area contributed by atoms with Gasteiger partial charge in [-0.2, -0.15) is 0 Å². The molecule has 168 valence electrons. The van der Waals surface area contributed by atoms with Crippen LogP contribution >= 0.6 is 0 Å². The molecule has 3 rings (SSSR count). The normalized spacial score (nSPS) is 23.4. The fourth-order valence-electron chi connectivity index (χ4n) is 3.84. The molecule has 2 fully saturated rings. The predicted molar refractivity (Wildman–Crippen MR) is 111 cm³/mol. The number of aromatic nitrogens is 1. The third-order valence-electron chi connectivity index (χ3n) is 5.47. The molecule has 1 saturated carbocycles. The molecule has 0 spiro atoms. The number of sulfone groups is 1. The molecule has 1 amide bonds. The van der Waals surface area contributed by atoms with Gasteiger partial charge in [0.25, 0.3) is 0 Å². The van der Waals surface area contributed by atoms with Crippen LogP contribution in [0.15, 0.2) is 23.2 Å². The van der Waals surface area contributed by atoms with Crippen LogP contribution in [0.1, 0.15) is 52.4 Å². The third kappa shape index (κ3) is 6.57. The molecule has 0 unspecified atom stereocenters. The molecule has 1 aliphatic carbocycles. The summed E-state index contributed by atoms with van der Waals surface area (Å²) in [5.74, 6) is 0.451. The topological polar surface area (TPSA) is 95.0 Å². The average Bonchev–Trinajstić information content (AvgIpc) is 2.69. The fraction of sp³-hybridized carbons (Fsp3) is 0.714. The molecule has 1 aromatic rings. The SMILES string of the molecule is CC(C)OC(=O)N1CCC(O[C@H]2CC[C@H](Oc3ccc(S(C)(=O)=O)cn3)CC2)CC1. The van der Waals surface area contributed by atoms with E-state index in [1.54, 1.807) is 11.0 Å². The van der Waals surface area contributed by atoms with Gasteiger partial charge in [-0.15, -0.1) is 0 Å². The Morgan fingerprint density at radius 1 is 1.03 bits per heavy atom. The van der Waals surface area contributed by atoms with Gasteiger partial charge in [0, 0.05) is 31.6 Å². The fourth-order valence-corrected chi connectivity index (χ4v) is 4.39. The first-order valence-corrected chi connectivity index (χ1v) is 12.5. The molecule has 1 aliphatic heterocycles. The highest BCUT2D eigenvalue weighted by Crippen LogP contribution is 2.28. The second-order valence-electron chi connectivity index (χ2n) is 8.38. The molecule has 1 saturated heterocycles. The van der Waals surface area contributed by atoms with E-state index in [4.69, 9.17) is 14.2 Å². The molecule has 30 heavy (non-hydrogen) atoms. The summed E-state index contributed by atoms with van der Waals surface area (Å²) in [5, 5.41) is 0. The highest BCUT2D eigenvalue weighted by Gasteiger charge is 2.29. The van der Waals surface area contributed by atoms with Crippen LogP contribution in [0.5, 0.6) is 5.88 Å². The van der Waals surface area contributed by atoms with Gasteiger partial charge in [-0.3, -0.25) is 0 Å². The van der Waals surface area contributed by atoms with Crippen molar-refractivity contribution in [3.63, 3.8) is 0 Å². The number of carbonyl (C=O) groups is 1. The number of carbonyl (C=O) groups excluding carboxylic acids is 1. The first-order valence-electron chi connectivity index (χ1n) is 10.6. The Kier molecular flexibility index (Phi) is 7.57. The van der Waals surface area contributed by atoms with E-state index in [0.29, 0.717) is 19.0 Å². The van der Waals surface area contributed by atoms with Gasteiger partial charge in [0.2, 0.25) is 5.88 Å². The van der Waals surface area contributed by atoms with Gasteiger partial charge < -0.3 is 19.1 Å². The van der Waals surface area contributed by atoms with Crippen LogP contribution in [-0.4, -0.2) is 68.2 Å². The van der Waals surface area contributed by atoms with Crippen LogP contribution in [-0.2, 0) is 19.3 Å². The first kappa shape index (κ1) is 22.8. The monoisotopic (exact) mass is 440 g/mol. The lowest BCUT2D eigenvalue weighted by Crippen LogP contribution is -2.43. The van der Waals surface area contributed by atoms with Gasteiger partial charge in [-0.05, 0) is 58.4 Å². The van der Waals surface area contributed by atoms with Gasteiger partial charge in [0.05, 0.1) is 23.2 Å². The molecular formula is C21H32N2O6S. The molecule has 8 nitrogen and oxygen atoms in total. The van der Waals surface area contributed by atoms with Crippen LogP contribution in [0.2, 0.25) is 0 Å². The number of pyridine rings is 1. The molecule has 0 aromatic carbocycles. The number of ether oxygens (including phenoxy) is 3. The lowest BCUT2D eigenvalue weighted by atomic mass is 9.94. The highest BCUT2D eigenvalue weighted by molar-refractivity contribution is 7.90. The number of piperidine rings is 1. The lowest BCUT2D eigenvalue weighted by Gasteiger charge is -2.35. The number of rotatable bonds is 6. The van der Waals surface area contributed by atoms with Gasteiger partial charge in [-0.1, -0.05) is 0 Å². The maximum Gasteiger partial charge on any atom is 0.410 e. The Labute approximate surface area is 178 Å². The van der Waals surface area contributed by atoms with E-state index in [0.717, 1.165) is 44.8 Å². The van der Waals surface area contributed by atoms with Crippen molar-refractivity contribution in [2.75, 3.05) is 19.3 Å². The maximum absolute atomic E-state index is 12.0. The van der Waals surface area contributed by atoms with Crippen LogP contribution in [0.3, 0.4) is 0 Å². The predicted octanol–water partition coefficient (Wildman–Crippen LogP) is 3.20. The van der Waals surface area contributed by atoms with Crippen LogP contribution in [0.4, 0.5) is 4.79 Å². The summed E-state index contributed by atoms with van der Waals surface area (Å²) in [5.41, 5.74) is 0. The van der Waals surface area contributed by atoms with E-state index in [2.05, 4.69) is 4.98 Å². The number of nitrogens with zero attached hydrogens (tertiary/aromatic N) is 2. The summed E-state index contributed by atoms with van der Waals surface area (Å²) >= 11 is 0. The lowest BCUT2D eigenvalue weighted by molar-refractivity contribution is -0.0659. The minimum atomic E-state index is -3.25.